The van der Waals surface area contributed by atoms with Crippen molar-refractivity contribution >= 4 is 23.2 Å². The lowest BCUT2D eigenvalue weighted by Crippen LogP contribution is -2.46. The second kappa shape index (κ2) is 8.92. The highest BCUT2D eigenvalue weighted by Crippen LogP contribution is 2.26. The van der Waals surface area contributed by atoms with Crippen LogP contribution in [0.25, 0.3) is 0 Å². The van der Waals surface area contributed by atoms with Gasteiger partial charge in [0.25, 0.3) is 5.91 Å². The van der Waals surface area contributed by atoms with Gasteiger partial charge in [0.1, 0.15) is 6.04 Å². The minimum Gasteiger partial charge on any atom is -0.459 e. The zero-order chi connectivity index (χ0) is 21.1. The monoisotopic (exact) mass is 410 g/mol. The minimum atomic E-state index is -0.468. The number of amides is 2. The van der Waals surface area contributed by atoms with Gasteiger partial charge in [0, 0.05) is 44.1 Å². The predicted octanol–water partition coefficient (Wildman–Crippen LogP) is 2.97. The van der Waals surface area contributed by atoms with Crippen LogP contribution < -0.4 is 10.2 Å². The van der Waals surface area contributed by atoms with Crippen molar-refractivity contribution in [1.82, 2.24) is 9.80 Å². The molecular weight excluding hydrogens is 380 g/mol. The molecule has 30 heavy (non-hydrogen) atoms. The van der Waals surface area contributed by atoms with E-state index in [4.69, 9.17) is 4.42 Å². The van der Waals surface area contributed by atoms with E-state index in [1.54, 1.807) is 17.0 Å². The van der Waals surface area contributed by atoms with Crippen LogP contribution in [0.1, 0.15) is 35.9 Å². The van der Waals surface area contributed by atoms with Crippen molar-refractivity contribution < 1.29 is 14.0 Å². The van der Waals surface area contributed by atoms with Gasteiger partial charge >= 0.3 is 0 Å². The number of likely N-dealkylation sites (N-methyl/N-ethyl adjacent to an activating group) is 1. The fourth-order valence-electron chi connectivity index (χ4n) is 4.44. The van der Waals surface area contributed by atoms with Gasteiger partial charge in [0.05, 0.1) is 6.26 Å². The fraction of sp³-hybridized carbons (Fsp3) is 0.478. The molecule has 0 spiro atoms. The lowest BCUT2D eigenvalue weighted by molar-refractivity contribution is -0.119. The first kappa shape index (κ1) is 20.5. The van der Waals surface area contributed by atoms with Gasteiger partial charge in [0.15, 0.2) is 5.76 Å². The van der Waals surface area contributed by atoms with Crippen molar-refractivity contribution in [2.24, 2.45) is 0 Å². The van der Waals surface area contributed by atoms with Crippen molar-refractivity contribution in [3.8, 4) is 0 Å². The molecule has 1 N–H and O–H groups in total. The molecule has 0 unspecified atom stereocenters. The highest BCUT2D eigenvalue weighted by Gasteiger charge is 2.35. The smallest absolute Gasteiger partial charge is 0.290 e. The van der Waals surface area contributed by atoms with Gasteiger partial charge in [-0.25, -0.2) is 0 Å². The number of hydrogen-bond acceptors (Lipinski definition) is 5. The summed E-state index contributed by atoms with van der Waals surface area (Å²) < 4.78 is 5.22. The van der Waals surface area contributed by atoms with Crippen molar-refractivity contribution in [2.45, 2.75) is 32.7 Å². The number of aryl methyl sites for hydroxylation is 1. The number of rotatable bonds is 5. The van der Waals surface area contributed by atoms with Gasteiger partial charge in [-0.1, -0.05) is 6.92 Å². The third-order valence-corrected chi connectivity index (χ3v) is 6.17. The summed E-state index contributed by atoms with van der Waals surface area (Å²) in [6.45, 7) is 10.1. The Bertz CT molecular complexity index is 888. The molecule has 1 aromatic heterocycles. The third-order valence-electron chi connectivity index (χ3n) is 6.17. The Morgan fingerprint density at radius 3 is 2.60 bits per heavy atom. The number of carbonyl (C=O) groups excluding carboxylic acids is 2. The molecule has 1 aromatic carbocycles. The molecule has 2 amide bonds. The molecule has 0 saturated carbocycles. The van der Waals surface area contributed by atoms with E-state index in [0.29, 0.717) is 13.0 Å². The average molecular weight is 411 g/mol. The summed E-state index contributed by atoms with van der Waals surface area (Å²) in [5, 5.41) is 3.01. The Kier molecular flexibility index (Phi) is 6.08. The Balaban J connectivity index is 1.41. The molecular formula is C23H30N4O3. The lowest BCUT2D eigenvalue weighted by atomic mass is 10.1. The summed E-state index contributed by atoms with van der Waals surface area (Å²) in [4.78, 5) is 32.0. The molecule has 160 valence electrons. The maximum Gasteiger partial charge on any atom is 0.290 e. The van der Waals surface area contributed by atoms with E-state index in [-0.39, 0.29) is 17.6 Å². The number of carbonyl (C=O) groups is 2. The molecule has 1 atom stereocenters. The maximum atomic E-state index is 12.9. The van der Waals surface area contributed by atoms with Gasteiger partial charge in [0.2, 0.25) is 5.91 Å². The minimum absolute atomic E-state index is 0.142. The Morgan fingerprint density at radius 2 is 1.93 bits per heavy atom. The number of likely N-dealkylation sites (tertiary alicyclic amines) is 1. The van der Waals surface area contributed by atoms with E-state index in [1.807, 2.05) is 12.1 Å². The first-order valence-electron chi connectivity index (χ1n) is 10.8. The fourth-order valence-corrected chi connectivity index (χ4v) is 4.44. The van der Waals surface area contributed by atoms with Crippen LogP contribution in [-0.2, 0) is 4.79 Å². The maximum absolute atomic E-state index is 12.9. The molecule has 2 aliphatic rings. The standard InChI is InChI=1S/C23H30N4O3/c1-3-25-11-13-26(14-12-25)19-9-8-18(16-17(19)2)24-22(28)20-6-4-10-27(20)23(29)21-7-5-15-30-21/h5,7-9,15-16,20H,3-4,6,10-14H2,1-2H3,(H,24,28)/t20-/m0/s1. The summed E-state index contributed by atoms with van der Waals surface area (Å²) in [5.41, 5.74) is 3.14. The number of hydrogen-bond donors (Lipinski definition) is 1. The van der Waals surface area contributed by atoms with Gasteiger partial charge in [-0.15, -0.1) is 0 Å². The number of nitrogens with one attached hydrogen (secondary N) is 1. The highest BCUT2D eigenvalue weighted by molar-refractivity contribution is 6.00. The molecule has 2 aromatic rings. The largest absolute Gasteiger partial charge is 0.459 e. The Morgan fingerprint density at radius 1 is 1.13 bits per heavy atom. The number of anilines is 2. The van der Waals surface area contributed by atoms with Crippen LogP contribution in [-0.4, -0.2) is 66.9 Å². The number of furan rings is 1. The summed E-state index contributed by atoms with van der Waals surface area (Å²) in [6, 6.07) is 8.92. The van der Waals surface area contributed by atoms with Crippen LogP contribution in [0.15, 0.2) is 41.0 Å². The molecule has 3 heterocycles. The van der Waals surface area contributed by atoms with Gasteiger partial charge in [-0.3, -0.25) is 9.59 Å². The van der Waals surface area contributed by atoms with E-state index < -0.39 is 6.04 Å². The quantitative estimate of drug-likeness (QED) is 0.821. The van der Waals surface area contributed by atoms with Crippen LogP contribution in [0, 0.1) is 6.92 Å². The zero-order valence-corrected chi connectivity index (χ0v) is 17.8. The molecule has 0 bridgehead atoms. The highest BCUT2D eigenvalue weighted by atomic mass is 16.3. The first-order valence-corrected chi connectivity index (χ1v) is 10.8. The van der Waals surface area contributed by atoms with Gasteiger partial charge < -0.3 is 24.4 Å². The molecule has 4 rings (SSSR count). The van der Waals surface area contributed by atoms with E-state index in [0.717, 1.165) is 50.4 Å². The van der Waals surface area contributed by atoms with Crippen molar-refractivity contribution in [3.63, 3.8) is 0 Å². The third kappa shape index (κ3) is 4.21. The second-order valence-corrected chi connectivity index (χ2v) is 8.05. The number of benzene rings is 1. The molecule has 2 fully saturated rings. The summed E-state index contributed by atoms with van der Waals surface area (Å²) in [7, 11) is 0. The molecule has 7 heteroatoms. The lowest BCUT2D eigenvalue weighted by Gasteiger charge is -2.36. The molecule has 7 nitrogen and oxygen atoms in total. The Labute approximate surface area is 177 Å². The van der Waals surface area contributed by atoms with Crippen LogP contribution in [0.2, 0.25) is 0 Å². The predicted molar refractivity (Wildman–Crippen MR) is 117 cm³/mol. The summed E-state index contributed by atoms with van der Waals surface area (Å²) in [6.07, 6.45) is 2.95. The number of piperazine rings is 1. The second-order valence-electron chi connectivity index (χ2n) is 8.05. The van der Waals surface area contributed by atoms with Crippen LogP contribution >= 0.6 is 0 Å². The Hall–Kier alpha value is -2.80. The van der Waals surface area contributed by atoms with Crippen molar-refractivity contribution in [1.29, 1.82) is 0 Å². The van der Waals surface area contributed by atoms with Crippen molar-refractivity contribution in [3.05, 3.63) is 47.9 Å². The molecule has 0 aliphatic carbocycles. The number of nitrogens with zero attached hydrogens (tertiary/aromatic N) is 3. The zero-order valence-electron chi connectivity index (χ0n) is 17.8. The van der Waals surface area contributed by atoms with Crippen LogP contribution in [0.3, 0.4) is 0 Å². The molecule has 0 radical (unpaired) electrons. The summed E-state index contributed by atoms with van der Waals surface area (Å²) >= 11 is 0. The molecule has 2 aliphatic heterocycles. The van der Waals surface area contributed by atoms with E-state index >= 15 is 0 Å². The van der Waals surface area contributed by atoms with Crippen LogP contribution in [0.5, 0.6) is 0 Å². The van der Waals surface area contributed by atoms with Gasteiger partial charge in [-0.05, 0) is 62.2 Å². The van der Waals surface area contributed by atoms with Gasteiger partial charge in [-0.2, -0.15) is 0 Å². The topological polar surface area (TPSA) is 69.0 Å². The van der Waals surface area contributed by atoms with Crippen molar-refractivity contribution in [2.75, 3.05) is 49.5 Å². The van der Waals surface area contributed by atoms with E-state index in [2.05, 4.69) is 35.0 Å². The van der Waals surface area contributed by atoms with Crippen LogP contribution in [0.4, 0.5) is 11.4 Å². The molecule has 2 saturated heterocycles. The average Bonchev–Trinajstić information content (AvgIpc) is 3.46. The van der Waals surface area contributed by atoms with E-state index in [9.17, 15) is 9.59 Å². The summed E-state index contributed by atoms with van der Waals surface area (Å²) in [5.74, 6) is -0.0930. The SMILES string of the molecule is CCN1CCN(c2ccc(NC(=O)[C@@H]3CCCN3C(=O)c3ccco3)cc2C)CC1. The normalized spacial score (nSPS) is 19.9. The first-order chi connectivity index (χ1) is 14.6. The van der Waals surface area contributed by atoms with E-state index in [1.165, 1.54) is 12.0 Å².